The summed E-state index contributed by atoms with van der Waals surface area (Å²) in [4.78, 5) is 35.1. The van der Waals surface area contributed by atoms with E-state index in [4.69, 9.17) is 4.74 Å². The summed E-state index contributed by atoms with van der Waals surface area (Å²) in [5.41, 5.74) is 2.82. The number of fused-ring (bicyclic) bond motifs is 2. The van der Waals surface area contributed by atoms with Gasteiger partial charge in [0.25, 0.3) is 5.56 Å². The molecule has 7 nitrogen and oxygen atoms in total. The van der Waals surface area contributed by atoms with Crippen molar-refractivity contribution in [3.63, 3.8) is 0 Å². The molecule has 10 heteroatoms. The lowest BCUT2D eigenvalue weighted by Gasteiger charge is -2.13. The molecule has 29 heavy (non-hydrogen) atoms. The number of rotatable bonds is 7. The number of carbonyl (C=O) groups excluding carboxylic acids is 1. The van der Waals surface area contributed by atoms with E-state index in [2.05, 4.69) is 21.4 Å². The average molecular weight is 449 g/mol. The summed E-state index contributed by atoms with van der Waals surface area (Å²) in [7, 11) is 1.60. The highest BCUT2D eigenvalue weighted by atomic mass is 32.2. The zero-order valence-electron chi connectivity index (χ0n) is 16.1. The van der Waals surface area contributed by atoms with Gasteiger partial charge in [-0.3, -0.25) is 14.2 Å². The fraction of sp³-hybridized carbons (Fsp3) is 0.368. The molecule has 4 rings (SSSR count). The predicted molar refractivity (Wildman–Crippen MR) is 119 cm³/mol. The number of thioether (sulfide) groups is 2. The Morgan fingerprint density at radius 2 is 2.24 bits per heavy atom. The Labute approximate surface area is 180 Å². The number of nitrogens with one attached hydrogen (secondary N) is 1. The van der Waals surface area contributed by atoms with Gasteiger partial charge in [-0.25, -0.2) is 9.97 Å². The molecule has 1 aliphatic rings. The van der Waals surface area contributed by atoms with Crippen LogP contribution in [0.5, 0.6) is 0 Å². The third-order valence-corrected chi connectivity index (χ3v) is 7.41. The molecule has 1 N–H and O–H groups in total. The van der Waals surface area contributed by atoms with Gasteiger partial charge in [0.05, 0.1) is 39.7 Å². The topological polar surface area (TPSA) is 86.1 Å². The molecule has 0 fully saturated rings. The second kappa shape index (κ2) is 8.86. The zero-order valence-corrected chi connectivity index (χ0v) is 18.5. The Hall–Kier alpha value is -1.88. The van der Waals surface area contributed by atoms with E-state index in [9.17, 15) is 9.59 Å². The fourth-order valence-electron chi connectivity index (χ4n) is 2.98. The van der Waals surface area contributed by atoms with Crippen molar-refractivity contribution in [2.45, 2.75) is 29.9 Å². The largest absolute Gasteiger partial charge is 0.383 e. The van der Waals surface area contributed by atoms with Crippen molar-refractivity contribution >= 4 is 56.1 Å². The number of amides is 1. The summed E-state index contributed by atoms with van der Waals surface area (Å²) in [6.45, 7) is 2.85. The van der Waals surface area contributed by atoms with Crippen molar-refractivity contribution in [1.82, 2.24) is 14.5 Å². The van der Waals surface area contributed by atoms with E-state index in [-0.39, 0.29) is 17.2 Å². The maximum atomic E-state index is 12.8. The highest BCUT2D eigenvalue weighted by Gasteiger charge is 2.22. The van der Waals surface area contributed by atoms with Crippen LogP contribution in [0.3, 0.4) is 0 Å². The van der Waals surface area contributed by atoms with Crippen LogP contribution in [-0.2, 0) is 22.5 Å². The first kappa shape index (κ1) is 20.4. The minimum absolute atomic E-state index is 0.0426. The summed E-state index contributed by atoms with van der Waals surface area (Å²) < 4.78 is 7.78. The van der Waals surface area contributed by atoms with Crippen molar-refractivity contribution < 1.29 is 9.53 Å². The van der Waals surface area contributed by atoms with Crippen molar-refractivity contribution in [2.75, 3.05) is 30.5 Å². The number of nitrogens with zero attached hydrogens (tertiary/aromatic N) is 3. The Balaban J connectivity index is 1.48. The highest BCUT2D eigenvalue weighted by molar-refractivity contribution is 8.00. The molecular formula is C19H20N4O3S3. The predicted octanol–water partition coefficient (Wildman–Crippen LogP) is 3.19. The maximum absolute atomic E-state index is 12.8. The van der Waals surface area contributed by atoms with Crippen LogP contribution >= 0.6 is 34.9 Å². The van der Waals surface area contributed by atoms with E-state index in [1.807, 2.05) is 19.1 Å². The summed E-state index contributed by atoms with van der Waals surface area (Å²) in [5.74, 6) is 0.849. The van der Waals surface area contributed by atoms with Crippen LogP contribution in [0.25, 0.3) is 10.2 Å². The Kier molecular flexibility index (Phi) is 6.23. The lowest BCUT2D eigenvalue weighted by molar-refractivity contribution is -0.113. The minimum Gasteiger partial charge on any atom is -0.383 e. The van der Waals surface area contributed by atoms with E-state index in [0.717, 1.165) is 38.5 Å². The van der Waals surface area contributed by atoms with Gasteiger partial charge >= 0.3 is 0 Å². The van der Waals surface area contributed by atoms with Gasteiger partial charge in [0.15, 0.2) is 10.3 Å². The summed E-state index contributed by atoms with van der Waals surface area (Å²) in [6, 6.07) is 6.01. The average Bonchev–Trinajstić information content (AvgIpc) is 3.31. The molecule has 3 aromatic rings. The van der Waals surface area contributed by atoms with Crippen molar-refractivity contribution in [3.05, 3.63) is 39.8 Å². The van der Waals surface area contributed by atoms with E-state index >= 15 is 0 Å². The molecule has 0 unspecified atom stereocenters. The van der Waals surface area contributed by atoms with Crippen LogP contribution in [0, 0.1) is 6.92 Å². The van der Waals surface area contributed by atoms with Gasteiger partial charge in [0, 0.05) is 19.3 Å². The molecule has 2 aromatic heterocycles. The van der Waals surface area contributed by atoms with Gasteiger partial charge in [-0.05, 0) is 24.6 Å². The molecule has 0 spiro atoms. The molecule has 1 amide bonds. The van der Waals surface area contributed by atoms with Gasteiger partial charge < -0.3 is 10.1 Å². The number of anilines is 1. The number of methoxy groups -OCH3 is 1. The number of carbonyl (C=O) groups is 1. The first-order valence-corrected chi connectivity index (χ1v) is 11.9. The smallest absolute Gasteiger partial charge is 0.268 e. The van der Waals surface area contributed by atoms with Crippen molar-refractivity contribution in [3.8, 4) is 0 Å². The summed E-state index contributed by atoms with van der Waals surface area (Å²) in [6.07, 6.45) is 0.783. The Morgan fingerprint density at radius 1 is 1.38 bits per heavy atom. The van der Waals surface area contributed by atoms with E-state index in [0.29, 0.717) is 23.4 Å². The van der Waals surface area contributed by atoms with Crippen LogP contribution in [0.1, 0.15) is 11.3 Å². The third kappa shape index (κ3) is 4.50. The lowest BCUT2D eigenvalue weighted by Crippen LogP contribution is -2.27. The number of benzene rings is 1. The third-order valence-electron chi connectivity index (χ3n) is 4.39. The minimum atomic E-state index is -0.173. The van der Waals surface area contributed by atoms with Crippen LogP contribution in [-0.4, -0.2) is 45.7 Å². The number of hydrogen-bond donors (Lipinski definition) is 1. The first-order chi connectivity index (χ1) is 14.0. The fourth-order valence-corrected chi connectivity index (χ4v) is 5.85. The van der Waals surface area contributed by atoms with Crippen LogP contribution in [0.15, 0.2) is 33.0 Å². The molecule has 1 aromatic carbocycles. The lowest BCUT2D eigenvalue weighted by atomic mass is 10.2. The molecule has 0 bridgehead atoms. The SMILES string of the molecule is COCCn1c(SCC(=O)Nc2nc3ccc(C)cc3s2)nc2c(c1=O)SCC2. The van der Waals surface area contributed by atoms with E-state index in [1.54, 1.807) is 23.4 Å². The van der Waals surface area contributed by atoms with Crippen molar-refractivity contribution in [1.29, 1.82) is 0 Å². The summed E-state index contributed by atoms with van der Waals surface area (Å²) >= 11 is 4.27. The molecule has 0 radical (unpaired) electrons. The first-order valence-electron chi connectivity index (χ1n) is 9.10. The molecular weight excluding hydrogens is 428 g/mol. The standard InChI is InChI=1S/C19H20N4O3S3/c1-11-3-4-12-14(9-11)29-18(20-12)22-15(24)10-28-19-21-13-5-8-27-16(13)17(25)23(19)6-7-26-2/h3-4,9H,5-8,10H2,1-2H3,(H,20,22,24). The van der Waals surface area contributed by atoms with E-state index in [1.165, 1.54) is 23.1 Å². The quantitative estimate of drug-likeness (QED) is 0.439. The zero-order chi connectivity index (χ0) is 20.4. The van der Waals surface area contributed by atoms with Gasteiger partial charge in [0.2, 0.25) is 5.91 Å². The molecule has 0 saturated carbocycles. The summed E-state index contributed by atoms with van der Waals surface area (Å²) in [5, 5.41) is 3.99. The molecule has 0 atom stereocenters. The second-order valence-corrected chi connectivity index (χ2v) is 9.62. The van der Waals surface area contributed by atoms with Crippen LogP contribution in [0.4, 0.5) is 5.13 Å². The number of thiazole rings is 1. The maximum Gasteiger partial charge on any atom is 0.268 e. The van der Waals surface area contributed by atoms with Crippen molar-refractivity contribution in [2.24, 2.45) is 0 Å². The number of hydrogen-bond acceptors (Lipinski definition) is 8. The number of aromatic nitrogens is 3. The number of aryl methyl sites for hydroxylation is 2. The molecule has 3 heterocycles. The van der Waals surface area contributed by atoms with E-state index < -0.39 is 0 Å². The normalized spacial score (nSPS) is 13.0. The Morgan fingerprint density at radius 3 is 3.07 bits per heavy atom. The molecule has 0 saturated heterocycles. The highest BCUT2D eigenvalue weighted by Crippen LogP contribution is 2.29. The Bertz CT molecular complexity index is 1130. The molecule has 0 aliphatic carbocycles. The molecule has 1 aliphatic heterocycles. The van der Waals surface area contributed by atoms with Gasteiger partial charge in [0.1, 0.15) is 0 Å². The van der Waals surface area contributed by atoms with Gasteiger partial charge in [-0.2, -0.15) is 0 Å². The molecule has 152 valence electrons. The van der Waals surface area contributed by atoms with Gasteiger partial charge in [-0.1, -0.05) is 29.2 Å². The van der Waals surface area contributed by atoms with Gasteiger partial charge in [-0.15, -0.1) is 11.8 Å². The second-order valence-electron chi connectivity index (χ2n) is 6.55. The van der Waals surface area contributed by atoms with Crippen LogP contribution in [0.2, 0.25) is 0 Å². The number of ether oxygens (including phenoxy) is 1. The monoisotopic (exact) mass is 448 g/mol. The van der Waals surface area contributed by atoms with Crippen LogP contribution < -0.4 is 10.9 Å².